The molecule has 1 heterocycles. The fourth-order valence-electron chi connectivity index (χ4n) is 2.22. The molecule has 0 bridgehead atoms. The Balaban J connectivity index is 1.71. The number of hydrogen-bond acceptors (Lipinski definition) is 4. The molecule has 2 N–H and O–H groups in total. The molecule has 0 saturated carbocycles. The molecule has 0 fully saturated rings. The predicted octanol–water partition coefficient (Wildman–Crippen LogP) is 3.96. The van der Waals surface area contributed by atoms with Crippen molar-refractivity contribution >= 4 is 39.2 Å². The molecule has 0 aliphatic carbocycles. The Kier molecular flexibility index (Phi) is 5.30. The predicted molar refractivity (Wildman–Crippen MR) is 98.9 cm³/mol. The molecule has 9 heteroatoms. The van der Waals surface area contributed by atoms with E-state index in [1.165, 1.54) is 0 Å². The van der Waals surface area contributed by atoms with E-state index in [4.69, 9.17) is 11.6 Å². The Morgan fingerprint density at radius 2 is 2.00 bits per heavy atom. The van der Waals surface area contributed by atoms with Gasteiger partial charge in [-0.1, -0.05) is 33.6 Å². The lowest BCUT2D eigenvalue weighted by Crippen LogP contribution is -2.32. The molecular formula is C16H14BrClN6O. The molecule has 25 heavy (non-hydrogen) atoms. The topological polar surface area (TPSA) is 84.7 Å². The lowest BCUT2D eigenvalue weighted by molar-refractivity contribution is 0.248. The number of aromatic nitrogens is 4. The zero-order chi connectivity index (χ0) is 17.8. The first-order chi connectivity index (χ1) is 12.0. The van der Waals surface area contributed by atoms with E-state index in [0.29, 0.717) is 16.5 Å². The number of anilines is 1. The SMILES string of the molecule is CC(NC(=O)Nc1cccc(Cl)c1)c1nnnn1-c1ccc(Br)cc1. The highest BCUT2D eigenvalue weighted by Crippen LogP contribution is 2.18. The molecule has 7 nitrogen and oxygen atoms in total. The minimum absolute atomic E-state index is 0.375. The van der Waals surface area contributed by atoms with Gasteiger partial charge in [0.25, 0.3) is 0 Å². The second-order valence-corrected chi connectivity index (χ2v) is 6.61. The van der Waals surface area contributed by atoms with Crippen LogP contribution < -0.4 is 10.6 Å². The number of rotatable bonds is 4. The zero-order valence-electron chi connectivity index (χ0n) is 13.1. The summed E-state index contributed by atoms with van der Waals surface area (Å²) in [5.74, 6) is 0.517. The first kappa shape index (κ1) is 17.4. The van der Waals surface area contributed by atoms with Crippen LogP contribution in [0.3, 0.4) is 0 Å². The molecule has 1 atom stereocenters. The van der Waals surface area contributed by atoms with Crippen molar-refractivity contribution in [3.8, 4) is 5.69 Å². The molecule has 1 unspecified atom stereocenters. The molecule has 0 aliphatic heterocycles. The van der Waals surface area contributed by atoms with Crippen molar-refractivity contribution in [2.75, 3.05) is 5.32 Å². The van der Waals surface area contributed by atoms with Crippen LogP contribution in [0.2, 0.25) is 5.02 Å². The Hall–Kier alpha value is -2.45. The number of benzene rings is 2. The number of tetrazole rings is 1. The van der Waals surface area contributed by atoms with E-state index in [0.717, 1.165) is 10.2 Å². The summed E-state index contributed by atoms with van der Waals surface area (Å²) in [6, 6.07) is 13.7. The van der Waals surface area contributed by atoms with Crippen LogP contribution in [0.25, 0.3) is 5.69 Å². The van der Waals surface area contributed by atoms with Crippen molar-refractivity contribution in [3.63, 3.8) is 0 Å². The van der Waals surface area contributed by atoms with Crippen LogP contribution in [0.15, 0.2) is 53.0 Å². The lowest BCUT2D eigenvalue weighted by Gasteiger charge is -2.14. The van der Waals surface area contributed by atoms with E-state index in [1.54, 1.807) is 35.9 Å². The van der Waals surface area contributed by atoms with Crippen molar-refractivity contribution < 1.29 is 4.79 Å². The highest BCUT2D eigenvalue weighted by atomic mass is 79.9. The van der Waals surface area contributed by atoms with Gasteiger partial charge in [-0.2, -0.15) is 4.68 Å². The summed E-state index contributed by atoms with van der Waals surface area (Å²) < 4.78 is 2.54. The normalized spacial score (nSPS) is 11.8. The summed E-state index contributed by atoms with van der Waals surface area (Å²) in [5, 5.41) is 17.8. The van der Waals surface area contributed by atoms with Crippen LogP contribution in [0.4, 0.5) is 10.5 Å². The summed E-state index contributed by atoms with van der Waals surface area (Å²) >= 11 is 9.30. The zero-order valence-corrected chi connectivity index (χ0v) is 15.5. The molecule has 2 aromatic carbocycles. The van der Waals surface area contributed by atoms with Crippen molar-refractivity contribution in [1.82, 2.24) is 25.5 Å². The number of nitrogens with one attached hydrogen (secondary N) is 2. The van der Waals surface area contributed by atoms with Crippen LogP contribution in [-0.2, 0) is 0 Å². The number of halogens is 2. The van der Waals surface area contributed by atoms with Gasteiger partial charge in [-0.05, 0) is 59.8 Å². The van der Waals surface area contributed by atoms with Crippen LogP contribution in [0, 0.1) is 0 Å². The lowest BCUT2D eigenvalue weighted by atomic mass is 10.3. The van der Waals surface area contributed by atoms with Gasteiger partial charge < -0.3 is 10.6 Å². The van der Waals surface area contributed by atoms with Gasteiger partial charge in [0.15, 0.2) is 5.82 Å². The van der Waals surface area contributed by atoms with E-state index in [9.17, 15) is 4.79 Å². The van der Waals surface area contributed by atoms with E-state index >= 15 is 0 Å². The van der Waals surface area contributed by atoms with Crippen molar-refractivity contribution in [3.05, 3.63) is 63.9 Å². The third kappa shape index (κ3) is 4.34. The second-order valence-electron chi connectivity index (χ2n) is 5.26. The summed E-state index contributed by atoms with van der Waals surface area (Å²) in [7, 11) is 0. The average molecular weight is 422 g/mol. The van der Waals surface area contributed by atoms with Crippen LogP contribution in [-0.4, -0.2) is 26.2 Å². The minimum atomic E-state index is -0.405. The molecule has 3 aromatic rings. The van der Waals surface area contributed by atoms with E-state index in [1.807, 2.05) is 24.3 Å². The van der Waals surface area contributed by atoms with Crippen LogP contribution >= 0.6 is 27.5 Å². The van der Waals surface area contributed by atoms with Gasteiger partial charge in [0, 0.05) is 15.2 Å². The fourth-order valence-corrected chi connectivity index (χ4v) is 2.68. The highest BCUT2D eigenvalue weighted by molar-refractivity contribution is 9.10. The molecular weight excluding hydrogens is 408 g/mol. The largest absolute Gasteiger partial charge is 0.328 e. The van der Waals surface area contributed by atoms with E-state index < -0.39 is 6.04 Å². The van der Waals surface area contributed by atoms with Crippen LogP contribution in [0.5, 0.6) is 0 Å². The van der Waals surface area contributed by atoms with Gasteiger partial charge in [0.1, 0.15) is 0 Å². The second kappa shape index (κ2) is 7.62. The van der Waals surface area contributed by atoms with Crippen molar-refractivity contribution in [1.29, 1.82) is 0 Å². The molecule has 0 radical (unpaired) electrons. The summed E-state index contributed by atoms with van der Waals surface area (Å²) in [6.45, 7) is 1.80. The highest BCUT2D eigenvalue weighted by Gasteiger charge is 2.18. The maximum atomic E-state index is 12.2. The van der Waals surface area contributed by atoms with E-state index in [-0.39, 0.29) is 6.03 Å². The molecule has 128 valence electrons. The van der Waals surface area contributed by atoms with Gasteiger partial charge in [-0.15, -0.1) is 5.10 Å². The Morgan fingerprint density at radius 3 is 2.72 bits per heavy atom. The number of carbonyl (C=O) groups excluding carboxylic acids is 1. The van der Waals surface area contributed by atoms with Gasteiger partial charge >= 0.3 is 6.03 Å². The van der Waals surface area contributed by atoms with Crippen molar-refractivity contribution in [2.45, 2.75) is 13.0 Å². The monoisotopic (exact) mass is 420 g/mol. The molecule has 0 spiro atoms. The first-order valence-electron chi connectivity index (χ1n) is 7.40. The van der Waals surface area contributed by atoms with Gasteiger partial charge in [0.05, 0.1) is 11.7 Å². The number of urea groups is 1. The number of hydrogen-bond donors (Lipinski definition) is 2. The summed E-state index contributed by atoms with van der Waals surface area (Å²) in [6.07, 6.45) is 0. The Bertz CT molecular complexity index is 882. The van der Waals surface area contributed by atoms with E-state index in [2.05, 4.69) is 42.1 Å². The quantitative estimate of drug-likeness (QED) is 0.668. The van der Waals surface area contributed by atoms with Crippen LogP contribution in [0.1, 0.15) is 18.8 Å². The summed E-state index contributed by atoms with van der Waals surface area (Å²) in [5.41, 5.74) is 1.40. The molecule has 0 saturated heterocycles. The molecule has 2 amide bonds. The maximum Gasteiger partial charge on any atom is 0.319 e. The Morgan fingerprint density at radius 1 is 1.24 bits per heavy atom. The molecule has 1 aromatic heterocycles. The third-order valence-electron chi connectivity index (χ3n) is 3.38. The van der Waals surface area contributed by atoms with Crippen molar-refractivity contribution in [2.24, 2.45) is 0 Å². The molecule has 3 rings (SSSR count). The molecule has 0 aliphatic rings. The van der Waals surface area contributed by atoms with Gasteiger partial charge in [-0.25, -0.2) is 4.79 Å². The fraction of sp³-hybridized carbons (Fsp3) is 0.125. The number of nitrogens with zero attached hydrogens (tertiary/aromatic N) is 4. The van der Waals surface area contributed by atoms with Gasteiger partial charge in [0.2, 0.25) is 0 Å². The number of carbonyl (C=O) groups is 1. The summed E-state index contributed by atoms with van der Waals surface area (Å²) in [4.78, 5) is 12.2. The Labute approximate surface area is 157 Å². The third-order valence-corrected chi connectivity index (χ3v) is 4.15. The smallest absolute Gasteiger partial charge is 0.319 e. The maximum absolute atomic E-state index is 12.2. The minimum Gasteiger partial charge on any atom is -0.328 e. The number of amides is 2. The first-order valence-corrected chi connectivity index (χ1v) is 8.57. The average Bonchev–Trinajstić information content (AvgIpc) is 3.05. The standard InChI is InChI=1S/C16H14BrClN6O/c1-10(19-16(25)20-13-4-2-3-12(18)9-13)15-21-22-23-24(15)14-7-5-11(17)6-8-14/h2-10H,1H3,(H2,19,20,25). The van der Waals surface area contributed by atoms with Gasteiger partial charge in [-0.3, -0.25) is 0 Å².